The minimum Gasteiger partial charge on any atom is -0.490 e. The summed E-state index contributed by atoms with van der Waals surface area (Å²) < 4.78 is 11.3. The number of hydrogen-bond acceptors (Lipinski definition) is 4. The second-order valence-corrected chi connectivity index (χ2v) is 5.01. The Hall–Kier alpha value is -3.00. The molecule has 0 saturated carbocycles. The van der Waals surface area contributed by atoms with Crippen molar-refractivity contribution in [2.75, 3.05) is 18.5 Å². The number of nitrogens with zero attached hydrogens (tertiary/aromatic N) is 1. The van der Waals surface area contributed by atoms with Crippen molar-refractivity contribution in [1.82, 2.24) is 0 Å². The van der Waals surface area contributed by atoms with E-state index < -0.39 is 0 Å². The van der Waals surface area contributed by atoms with Crippen LogP contribution in [0.1, 0.15) is 18.1 Å². The Labute approximate surface area is 135 Å². The average molecular weight is 310 g/mol. The number of nitriles is 1. The van der Waals surface area contributed by atoms with Gasteiger partial charge in [0.1, 0.15) is 24.7 Å². The van der Waals surface area contributed by atoms with Crippen LogP contribution in [0.2, 0.25) is 0 Å². The molecule has 118 valence electrons. The second kappa shape index (κ2) is 7.85. The summed E-state index contributed by atoms with van der Waals surface area (Å²) >= 11 is 0. The fraction of sp³-hybridized carbons (Fsp3) is 0.222. The van der Waals surface area contributed by atoms with Crippen LogP contribution in [0.15, 0.2) is 42.5 Å². The zero-order valence-electron chi connectivity index (χ0n) is 13.1. The highest BCUT2D eigenvalue weighted by molar-refractivity contribution is 5.90. The molecule has 5 heteroatoms. The maximum Gasteiger partial charge on any atom is 0.221 e. The van der Waals surface area contributed by atoms with Crippen molar-refractivity contribution >= 4 is 11.6 Å². The van der Waals surface area contributed by atoms with Gasteiger partial charge in [-0.05, 0) is 48.9 Å². The molecule has 23 heavy (non-hydrogen) atoms. The van der Waals surface area contributed by atoms with Gasteiger partial charge < -0.3 is 14.8 Å². The summed E-state index contributed by atoms with van der Waals surface area (Å²) in [5.74, 6) is 1.15. The summed E-state index contributed by atoms with van der Waals surface area (Å²) in [6.45, 7) is 4.12. The van der Waals surface area contributed by atoms with Crippen LogP contribution in [0, 0.1) is 18.3 Å². The summed E-state index contributed by atoms with van der Waals surface area (Å²) in [5, 5.41) is 11.5. The molecule has 1 N–H and O–H groups in total. The maximum absolute atomic E-state index is 11.2. The first-order valence-electron chi connectivity index (χ1n) is 7.22. The summed E-state index contributed by atoms with van der Waals surface area (Å²) in [4.78, 5) is 11.2. The molecule has 0 atom stereocenters. The van der Waals surface area contributed by atoms with Gasteiger partial charge in [0, 0.05) is 6.92 Å². The van der Waals surface area contributed by atoms with Gasteiger partial charge >= 0.3 is 0 Å². The van der Waals surface area contributed by atoms with E-state index in [1.165, 1.54) is 6.92 Å². The van der Waals surface area contributed by atoms with Crippen LogP contribution in [-0.4, -0.2) is 19.1 Å². The minimum absolute atomic E-state index is 0.146. The number of ether oxygens (including phenoxy) is 2. The molecule has 0 aliphatic carbocycles. The van der Waals surface area contributed by atoms with Gasteiger partial charge in [0.15, 0.2) is 0 Å². The zero-order chi connectivity index (χ0) is 16.7. The Morgan fingerprint density at radius 3 is 2.48 bits per heavy atom. The fourth-order valence-electron chi connectivity index (χ4n) is 1.98. The largest absolute Gasteiger partial charge is 0.490 e. The molecular weight excluding hydrogens is 292 g/mol. The van der Waals surface area contributed by atoms with E-state index in [1.807, 2.05) is 25.1 Å². The van der Waals surface area contributed by atoms with Crippen molar-refractivity contribution in [1.29, 1.82) is 5.26 Å². The van der Waals surface area contributed by atoms with Crippen LogP contribution in [0.4, 0.5) is 5.69 Å². The Kier molecular flexibility index (Phi) is 5.59. The molecule has 0 aliphatic heterocycles. The van der Waals surface area contributed by atoms with Gasteiger partial charge in [-0.15, -0.1) is 0 Å². The van der Waals surface area contributed by atoms with Crippen LogP contribution >= 0.6 is 0 Å². The molecule has 0 aliphatic rings. The summed E-state index contributed by atoms with van der Waals surface area (Å²) in [7, 11) is 0. The number of anilines is 1. The van der Waals surface area contributed by atoms with E-state index in [0.717, 1.165) is 5.56 Å². The van der Waals surface area contributed by atoms with Gasteiger partial charge in [0.05, 0.1) is 17.3 Å². The van der Waals surface area contributed by atoms with E-state index in [1.54, 1.807) is 24.3 Å². The highest BCUT2D eigenvalue weighted by Gasteiger charge is 2.06. The minimum atomic E-state index is -0.146. The monoisotopic (exact) mass is 310 g/mol. The summed E-state index contributed by atoms with van der Waals surface area (Å²) in [6, 6.07) is 14.5. The van der Waals surface area contributed by atoms with Crippen molar-refractivity contribution in [3.8, 4) is 17.6 Å². The molecular formula is C18H18N2O3. The molecule has 0 bridgehead atoms. The maximum atomic E-state index is 11.2. The first-order chi connectivity index (χ1) is 11.1. The topological polar surface area (TPSA) is 71.3 Å². The third kappa shape index (κ3) is 5.04. The molecule has 0 heterocycles. The van der Waals surface area contributed by atoms with Crippen molar-refractivity contribution in [3.05, 3.63) is 53.6 Å². The van der Waals surface area contributed by atoms with E-state index in [9.17, 15) is 4.79 Å². The molecule has 0 spiro atoms. The SMILES string of the molecule is CC(=O)Nc1ccc(C)cc1OCCOc1ccc(C#N)cc1. The number of nitrogens with one attached hydrogen (secondary N) is 1. The van der Waals surface area contributed by atoms with E-state index in [4.69, 9.17) is 14.7 Å². The lowest BCUT2D eigenvalue weighted by Crippen LogP contribution is -2.12. The third-order valence-electron chi connectivity index (χ3n) is 3.04. The lowest BCUT2D eigenvalue weighted by Gasteiger charge is -2.13. The molecule has 0 fully saturated rings. The molecule has 2 aromatic carbocycles. The highest BCUT2D eigenvalue weighted by atomic mass is 16.5. The summed E-state index contributed by atoms with van der Waals surface area (Å²) in [6.07, 6.45) is 0. The molecule has 5 nitrogen and oxygen atoms in total. The third-order valence-corrected chi connectivity index (χ3v) is 3.04. The first-order valence-corrected chi connectivity index (χ1v) is 7.22. The molecule has 2 aromatic rings. The molecule has 0 saturated heterocycles. The van der Waals surface area contributed by atoms with Crippen LogP contribution in [-0.2, 0) is 4.79 Å². The predicted molar refractivity (Wildman–Crippen MR) is 87.6 cm³/mol. The van der Waals surface area contributed by atoms with E-state index in [2.05, 4.69) is 11.4 Å². The number of rotatable bonds is 6. The Morgan fingerprint density at radius 2 is 1.83 bits per heavy atom. The lowest BCUT2D eigenvalue weighted by molar-refractivity contribution is -0.114. The van der Waals surface area contributed by atoms with Crippen LogP contribution in [0.25, 0.3) is 0 Å². The zero-order valence-corrected chi connectivity index (χ0v) is 13.1. The fourth-order valence-corrected chi connectivity index (χ4v) is 1.98. The average Bonchev–Trinajstić information content (AvgIpc) is 2.54. The van der Waals surface area contributed by atoms with E-state index in [-0.39, 0.29) is 5.91 Å². The van der Waals surface area contributed by atoms with Gasteiger partial charge in [0.25, 0.3) is 0 Å². The van der Waals surface area contributed by atoms with Crippen LogP contribution in [0.5, 0.6) is 11.5 Å². The van der Waals surface area contributed by atoms with Gasteiger partial charge in [0.2, 0.25) is 5.91 Å². The molecule has 0 unspecified atom stereocenters. The van der Waals surface area contributed by atoms with Gasteiger partial charge in [-0.25, -0.2) is 0 Å². The number of amides is 1. The highest BCUT2D eigenvalue weighted by Crippen LogP contribution is 2.25. The lowest BCUT2D eigenvalue weighted by atomic mass is 10.2. The first kappa shape index (κ1) is 16.4. The molecule has 1 amide bonds. The number of hydrogen-bond donors (Lipinski definition) is 1. The second-order valence-electron chi connectivity index (χ2n) is 5.01. The van der Waals surface area contributed by atoms with Gasteiger partial charge in [-0.1, -0.05) is 6.07 Å². The Bertz CT molecular complexity index is 718. The standard InChI is InChI=1S/C18H18N2O3/c1-13-3-8-17(20-14(2)21)18(11-13)23-10-9-22-16-6-4-15(12-19)5-7-16/h3-8,11H,9-10H2,1-2H3,(H,20,21). The number of aryl methyl sites for hydroxylation is 1. The molecule has 2 rings (SSSR count). The number of benzene rings is 2. The van der Waals surface area contributed by atoms with Crippen molar-refractivity contribution in [3.63, 3.8) is 0 Å². The van der Waals surface area contributed by atoms with Crippen LogP contribution in [0.3, 0.4) is 0 Å². The Balaban J connectivity index is 1.89. The Morgan fingerprint density at radius 1 is 1.13 bits per heavy atom. The van der Waals surface area contributed by atoms with Crippen molar-refractivity contribution in [2.24, 2.45) is 0 Å². The normalized spacial score (nSPS) is 9.78. The number of carbonyl (C=O) groups is 1. The van der Waals surface area contributed by atoms with Crippen LogP contribution < -0.4 is 14.8 Å². The quantitative estimate of drug-likeness (QED) is 0.831. The van der Waals surface area contributed by atoms with E-state index in [0.29, 0.717) is 36.0 Å². The summed E-state index contributed by atoms with van der Waals surface area (Å²) in [5.41, 5.74) is 2.27. The molecule has 0 radical (unpaired) electrons. The smallest absolute Gasteiger partial charge is 0.221 e. The predicted octanol–water partition coefficient (Wildman–Crippen LogP) is 3.28. The van der Waals surface area contributed by atoms with Gasteiger partial charge in [-0.2, -0.15) is 5.26 Å². The van der Waals surface area contributed by atoms with Crippen molar-refractivity contribution in [2.45, 2.75) is 13.8 Å². The van der Waals surface area contributed by atoms with Crippen molar-refractivity contribution < 1.29 is 14.3 Å². The van der Waals surface area contributed by atoms with E-state index >= 15 is 0 Å². The molecule has 0 aromatic heterocycles. The van der Waals surface area contributed by atoms with Gasteiger partial charge in [-0.3, -0.25) is 4.79 Å². The number of carbonyl (C=O) groups excluding carboxylic acids is 1.